The number of nitrogens with one attached hydrogen (secondary N) is 1. The number of likely N-dealkylation sites (N-methyl/N-ethyl adjacent to an activating group) is 1. The largest absolute Gasteiger partial charge is 1.00 e. The van der Waals surface area contributed by atoms with Crippen LogP contribution in [0.2, 0.25) is 0 Å². The Bertz CT molecular complexity index is 285. The summed E-state index contributed by atoms with van der Waals surface area (Å²) in [4.78, 5) is 11.2. The third-order valence-corrected chi connectivity index (χ3v) is 0.542. The molecule has 0 spiro atoms. The van der Waals surface area contributed by atoms with E-state index in [1.54, 1.807) is 0 Å². The van der Waals surface area contributed by atoms with Gasteiger partial charge in [0.05, 0.1) is 33.3 Å². The highest BCUT2D eigenvalue weighted by molar-refractivity contribution is 5.76. The Morgan fingerprint density at radius 3 is 2.50 bits per heavy atom. The maximum absolute atomic E-state index is 11.2. The first-order chi connectivity index (χ1) is 7.70. The zero-order valence-corrected chi connectivity index (χ0v) is 5.77. The molecule has 0 aromatic carbocycles. The van der Waals surface area contributed by atoms with Crippen molar-refractivity contribution in [2.45, 2.75) is 0 Å². The molecule has 0 atom stereocenters. The summed E-state index contributed by atoms with van der Waals surface area (Å²) in [5.41, 5.74) is 1.53. The number of carbonyl (C=O) groups is 1. The SMILES string of the molecule is [2H]C([2H])([2H])[N+](CC(=O)NN)(C([2H])([2H])[2H])C([2H])([2H])[2H].[Cl-]. The van der Waals surface area contributed by atoms with Gasteiger partial charge in [0.25, 0.3) is 5.91 Å². The number of carbonyl (C=O) groups excluding carboxylic acids is 1. The van der Waals surface area contributed by atoms with Crippen molar-refractivity contribution in [3.8, 4) is 0 Å². The quantitative estimate of drug-likeness (QED) is 0.194. The zero-order valence-electron chi connectivity index (χ0n) is 14.0. The highest BCUT2D eigenvalue weighted by Crippen LogP contribution is 1.86. The molecular weight excluding hydrogens is 154 g/mol. The first-order valence-corrected chi connectivity index (χ1v) is 2.08. The van der Waals surface area contributed by atoms with E-state index in [0.29, 0.717) is 0 Å². The first kappa shape index (κ1) is 2.62. The number of hydrogen-bond acceptors (Lipinski definition) is 2. The van der Waals surface area contributed by atoms with Crippen LogP contribution in [-0.4, -0.2) is 37.9 Å². The fourth-order valence-electron chi connectivity index (χ4n) is 0.261. The summed E-state index contributed by atoms with van der Waals surface area (Å²) in [6, 6.07) is 0. The molecule has 0 bridgehead atoms. The molecule has 0 rings (SSSR count). The van der Waals surface area contributed by atoms with Crippen LogP contribution in [0, 0.1) is 0 Å². The second kappa shape index (κ2) is 4.49. The molecule has 0 saturated heterocycles. The molecule has 4 nitrogen and oxygen atoms in total. The maximum atomic E-state index is 11.2. The number of nitrogens with two attached hydrogens (primary N) is 1. The molecule has 5 heteroatoms. The van der Waals surface area contributed by atoms with Gasteiger partial charge in [-0.05, 0) is 0 Å². The van der Waals surface area contributed by atoms with Crippen LogP contribution in [0.4, 0.5) is 0 Å². The van der Waals surface area contributed by atoms with Crippen LogP contribution in [0.15, 0.2) is 0 Å². The van der Waals surface area contributed by atoms with E-state index in [1.165, 1.54) is 5.43 Å². The van der Waals surface area contributed by atoms with Crippen molar-refractivity contribution in [3.05, 3.63) is 0 Å². The second-order valence-corrected chi connectivity index (χ2v) is 1.54. The molecule has 0 unspecified atom stereocenters. The molecule has 10 heavy (non-hydrogen) atoms. The Morgan fingerprint density at radius 2 is 2.20 bits per heavy atom. The van der Waals surface area contributed by atoms with E-state index in [4.69, 9.17) is 18.2 Å². The van der Waals surface area contributed by atoms with Crippen LogP contribution in [0.25, 0.3) is 0 Å². The van der Waals surface area contributed by atoms with Crippen molar-refractivity contribution in [1.29, 1.82) is 0 Å². The van der Waals surface area contributed by atoms with E-state index in [1.807, 2.05) is 0 Å². The van der Waals surface area contributed by atoms with E-state index < -0.39 is 37.9 Å². The molecule has 0 aliphatic heterocycles. The average molecular weight is 177 g/mol. The van der Waals surface area contributed by atoms with Crippen LogP contribution in [0.1, 0.15) is 12.3 Å². The number of quaternary nitrogens is 1. The van der Waals surface area contributed by atoms with E-state index in [-0.39, 0.29) is 12.4 Å². The van der Waals surface area contributed by atoms with Crippen molar-refractivity contribution in [3.63, 3.8) is 0 Å². The lowest BCUT2D eigenvalue weighted by Gasteiger charge is -2.21. The fraction of sp³-hybridized carbons (Fsp3) is 0.800. The molecule has 0 aliphatic rings. The van der Waals surface area contributed by atoms with Gasteiger partial charge in [-0.2, -0.15) is 0 Å². The highest BCUT2D eigenvalue weighted by atomic mass is 35.5. The van der Waals surface area contributed by atoms with Crippen molar-refractivity contribution in [2.75, 3.05) is 27.5 Å². The van der Waals surface area contributed by atoms with E-state index in [9.17, 15) is 4.79 Å². The topological polar surface area (TPSA) is 55.1 Å². The summed E-state index contributed by atoms with van der Waals surface area (Å²) in [5, 5.41) is 0. The number of hydrazine groups is 1. The third kappa shape index (κ3) is 7.68. The molecule has 1 amide bonds. The molecule has 62 valence electrons. The van der Waals surface area contributed by atoms with Crippen molar-refractivity contribution < 1.29 is 34.0 Å². The number of rotatable bonds is 2. The number of amides is 1. The van der Waals surface area contributed by atoms with Crippen molar-refractivity contribution >= 4 is 5.91 Å². The van der Waals surface area contributed by atoms with Crippen LogP contribution in [-0.2, 0) is 4.79 Å². The van der Waals surface area contributed by atoms with Gasteiger partial charge in [-0.1, -0.05) is 0 Å². The molecule has 0 fully saturated rings. The van der Waals surface area contributed by atoms with Gasteiger partial charge in [0.15, 0.2) is 6.54 Å². The fourth-order valence-corrected chi connectivity index (χ4v) is 0.261. The molecule has 0 aliphatic carbocycles. The monoisotopic (exact) mass is 176 g/mol. The Kier molecular flexibility index (Phi) is 1.18. The second-order valence-electron chi connectivity index (χ2n) is 1.54. The van der Waals surface area contributed by atoms with Gasteiger partial charge < -0.3 is 16.9 Å². The van der Waals surface area contributed by atoms with Crippen molar-refractivity contribution in [2.24, 2.45) is 5.84 Å². The lowest BCUT2D eigenvalue weighted by atomic mass is 10.5. The lowest BCUT2D eigenvalue weighted by Crippen LogP contribution is -3.00. The molecule has 0 heterocycles. The number of nitrogens with zero attached hydrogens (tertiary/aromatic N) is 1. The summed E-state index contributed by atoms with van der Waals surface area (Å²) in [6.07, 6.45) is 0. The summed E-state index contributed by atoms with van der Waals surface area (Å²) in [6.45, 7) is -11.6. The van der Waals surface area contributed by atoms with Crippen LogP contribution < -0.4 is 23.7 Å². The lowest BCUT2D eigenvalue weighted by molar-refractivity contribution is -0.862. The van der Waals surface area contributed by atoms with Gasteiger partial charge >= 0.3 is 0 Å². The summed E-state index contributed by atoms with van der Waals surface area (Å²) < 4.78 is 62.3. The molecule has 0 radical (unpaired) electrons. The Hall–Kier alpha value is -0.320. The van der Waals surface area contributed by atoms with Crippen LogP contribution in [0.5, 0.6) is 0 Å². The normalized spacial score (nSPS) is 27.1. The highest BCUT2D eigenvalue weighted by Gasteiger charge is 2.11. The first-order valence-electron chi connectivity index (χ1n) is 6.58. The minimum Gasteiger partial charge on any atom is -1.00 e. The van der Waals surface area contributed by atoms with Gasteiger partial charge in [-0.3, -0.25) is 10.2 Å². The predicted octanol–water partition coefficient (Wildman–Crippen LogP) is -4.31. The molecular formula is C5H14ClN3O. The smallest absolute Gasteiger partial charge is 0.289 e. The number of halogens is 1. The average Bonchev–Trinajstić information content (AvgIpc) is 2.07. The molecule has 3 N–H and O–H groups in total. The third-order valence-electron chi connectivity index (χ3n) is 0.542. The van der Waals surface area contributed by atoms with Gasteiger partial charge in [-0.25, -0.2) is 5.84 Å². The van der Waals surface area contributed by atoms with Gasteiger partial charge in [-0.15, -0.1) is 0 Å². The van der Waals surface area contributed by atoms with Gasteiger partial charge in [0.1, 0.15) is 0 Å². The van der Waals surface area contributed by atoms with Gasteiger partial charge in [0, 0.05) is 0 Å². The van der Waals surface area contributed by atoms with E-state index in [2.05, 4.69) is 0 Å². The van der Waals surface area contributed by atoms with Gasteiger partial charge in [0.2, 0.25) is 0 Å². The predicted molar refractivity (Wildman–Crippen MR) is 35.2 cm³/mol. The minimum absolute atomic E-state index is 0. The van der Waals surface area contributed by atoms with E-state index in [0.717, 1.165) is 0 Å². The molecule has 0 aromatic heterocycles. The van der Waals surface area contributed by atoms with Crippen LogP contribution in [0.3, 0.4) is 0 Å². The minimum atomic E-state index is -3.44. The maximum Gasteiger partial charge on any atom is 0.289 e. The summed E-state index contributed by atoms with van der Waals surface area (Å²) in [7, 11) is 0. The Morgan fingerprint density at radius 1 is 1.70 bits per heavy atom. The standard InChI is InChI=1S/C5H13N3O.ClH/c1-8(2,3)4-5(9)7-6;/h4,6H2,1-3H3;1H/i1D3,2D3,3D3;. The molecule has 0 saturated carbocycles. The van der Waals surface area contributed by atoms with Crippen LogP contribution >= 0.6 is 0 Å². The zero-order chi connectivity index (χ0) is 15.0. The Labute approximate surface area is 80.0 Å². The molecule has 0 aromatic rings. The van der Waals surface area contributed by atoms with Crippen molar-refractivity contribution in [1.82, 2.24) is 5.43 Å². The summed E-state index contributed by atoms with van der Waals surface area (Å²) in [5.74, 6) is 3.55. The summed E-state index contributed by atoms with van der Waals surface area (Å²) >= 11 is 0. The Balaban J connectivity index is 0. The number of hydrogen-bond donors (Lipinski definition) is 2. The van der Waals surface area contributed by atoms with E-state index >= 15 is 0 Å².